The van der Waals surface area contributed by atoms with Crippen LogP contribution in [-0.4, -0.2) is 80.2 Å². The molecule has 15 heteroatoms. The number of anilines is 1. The van der Waals surface area contributed by atoms with Crippen molar-refractivity contribution in [1.82, 2.24) is 25.8 Å². The molecule has 13 nitrogen and oxygen atoms in total. The third-order valence-electron chi connectivity index (χ3n) is 11.7. The van der Waals surface area contributed by atoms with E-state index in [1.807, 2.05) is 11.8 Å². The second-order valence-electron chi connectivity index (χ2n) is 17.1. The van der Waals surface area contributed by atoms with Crippen molar-refractivity contribution in [2.24, 2.45) is 0 Å². The van der Waals surface area contributed by atoms with Gasteiger partial charge < -0.3 is 26.2 Å². The number of carbonyl (C=O) groups is 3. The van der Waals surface area contributed by atoms with E-state index in [2.05, 4.69) is 122 Å². The smallest absolute Gasteiger partial charge is 0.315 e. The maximum Gasteiger partial charge on any atom is 0.315 e. The molecule has 0 aromatic heterocycles. The minimum absolute atomic E-state index is 0.0490. The summed E-state index contributed by atoms with van der Waals surface area (Å²) in [5.41, 5.74) is 7.47. The number of halogens is 1. The Labute approximate surface area is 349 Å². The van der Waals surface area contributed by atoms with Crippen LogP contribution in [0.15, 0.2) is 36.4 Å². The van der Waals surface area contributed by atoms with Crippen LogP contribution in [0.5, 0.6) is 0 Å². The van der Waals surface area contributed by atoms with Gasteiger partial charge in [-0.1, -0.05) is 26.3 Å². The largest absolute Gasteiger partial charge is 0.378 e. The van der Waals surface area contributed by atoms with Gasteiger partial charge in [0.15, 0.2) is 5.54 Å². The Morgan fingerprint density at radius 1 is 0.897 bits per heavy atom. The fourth-order valence-electron chi connectivity index (χ4n) is 8.74. The summed E-state index contributed by atoms with van der Waals surface area (Å²) < 4.78 is 36.5. The van der Waals surface area contributed by atoms with E-state index in [0.717, 1.165) is 57.2 Å². The Morgan fingerprint density at radius 2 is 1.55 bits per heavy atom. The molecule has 2 fully saturated rings. The number of rotatable bonds is 16. The second kappa shape index (κ2) is 19.2. The quantitative estimate of drug-likeness (QED) is 0.103. The standard InChI is InChI=1S/C43H60N6O3S.ClHO4/c1-28-26-42(2,3)49(36-25-34-30(23-32(28)36)22-29-17-18-31(48(6)7)24-33(29)43(34,4)5)21-13-16-39(51)45-20-12-8-11-19-44-38(50)15-10-9-14-37-40-35(27-53-37)46-41(52)47-40;2-1(3,4)5/h17-18,22-26,35,37,40H,8-16,19-21,27H2,1-7H3,(H3-,44,45,46,47,50,51,52);(H,2,3,4,5). The molecule has 58 heavy (non-hydrogen) atoms. The van der Waals surface area contributed by atoms with Gasteiger partial charge in [0.25, 0.3) is 0 Å². The van der Waals surface area contributed by atoms with E-state index in [-0.39, 0.29) is 40.9 Å². The number of nitrogens with zero attached hydrogens (tertiary/aromatic N) is 2. The molecule has 3 heterocycles. The highest BCUT2D eigenvalue weighted by Crippen LogP contribution is 2.37. The average Bonchev–Trinajstić information content (AvgIpc) is 3.68. The summed E-state index contributed by atoms with van der Waals surface area (Å²) in [5.74, 6) is 1.19. The lowest BCUT2D eigenvalue weighted by molar-refractivity contribution is -2.00. The van der Waals surface area contributed by atoms with Crippen LogP contribution < -0.4 is 60.0 Å². The molecule has 0 saturated carbocycles. The number of hydrogen-bond acceptors (Lipinski definition) is 9. The maximum absolute atomic E-state index is 12.8. The first kappa shape index (κ1) is 45.4. The van der Waals surface area contributed by atoms with Gasteiger partial charge in [-0.05, 0) is 96.9 Å². The normalized spacial score (nSPS) is 20.7. The summed E-state index contributed by atoms with van der Waals surface area (Å²) >= 11 is 1.92. The van der Waals surface area contributed by atoms with Crippen LogP contribution >= 0.6 is 11.8 Å². The Kier molecular flexibility index (Phi) is 15.0. The van der Waals surface area contributed by atoms with Crippen LogP contribution in [0.25, 0.3) is 11.6 Å². The first-order valence-corrected chi connectivity index (χ1v) is 22.7. The number of hydrogen-bond donors (Lipinski definition) is 4. The van der Waals surface area contributed by atoms with E-state index in [0.29, 0.717) is 31.2 Å². The average molecular weight is 842 g/mol. The summed E-state index contributed by atoms with van der Waals surface area (Å²) in [5, 5.41) is 15.2. The van der Waals surface area contributed by atoms with Crippen molar-refractivity contribution < 1.29 is 43.3 Å². The number of nitrogens with one attached hydrogen (secondary N) is 4. The molecule has 1 aliphatic carbocycles. The monoisotopic (exact) mass is 840 g/mol. The van der Waals surface area contributed by atoms with Crippen molar-refractivity contribution in [2.45, 2.75) is 121 Å². The lowest BCUT2D eigenvalue weighted by atomic mass is 9.71. The first-order valence-electron chi connectivity index (χ1n) is 20.4. The first-order chi connectivity index (χ1) is 27.2. The zero-order chi connectivity index (χ0) is 42.4. The Balaban J connectivity index is 0.00000121. The van der Waals surface area contributed by atoms with Crippen molar-refractivity contribution >= 4 is 46.9 Å². The number of thioether (sulfide) groups is 1. The molecule has 3 aliphatic heterocycles. The molecule has 0 spiro atoms. The lowest BCUT2D eigenvalue weighted by Gasteiger charge is -2.33. The van der Waals surface area contributed by atoms with E-state index in [1.54, 1.807) is 0 Å². The lowest BCUT2D eigenvalue weighted by Crippen LogP contribution is -2.68. The molecule has 318 valence electrons. The van der Waals surface area contributed by atoms with Gasteiger partial charge in [-0.3, -0.25) is 9.59 Å². The van der Waals surface area contributed by atoms with Crippen LogP contribution in [0.4, 0.5) is 10.5 Å². The fourth-order valence-corrected chi connectivity index (χ4v) is 10.3. The maximum atomic E-state index is 12.8. The predicted octanol–water partition coefficient (Wildman–Crippen LogP) is 0.0600. The summed E-state index contributed by atoms with van der Waals surface area (Å²) in [6, 6.07) is 12.0. The van der Waals surface area contributed by atoms with Gasteiger partial charge in [-0.25, -0.2) is 28.0 Å². The summed E-state index contributed by atoms with van der Waals surface area (Å²) in [7, 11) is -0.754. The topological polar surface area (TPSA) is 198 Å². The molecule has 2 aromatic rings. The minimum Gasteiger partial charge on any atom is -0.378 e. The van der Waals surface area contributed by atoms with Gasteiger partial charge in [0, 0.05) is 94.0 Å². The second-order valence-corrected chi connectivity index (χ2v) is 19.2. The van der Waals surface area contributed by atoms with E-state index in [1.165, 1.54) is 44.1 Å². The molecule has 4 amide bonds. The number of amides is 4. The van der Waals surface area contributed by atoms with Crippen molar-refractivity contribution in [3.8, 4) is 0 Å². The molecule has 3 unspecified atom stereocenters. The van der Waals surface area contributed by atoms with Gasteiger partial charge in [0.2, 0.25) is 17.2 Å². The van der Waals surface area contributed by atoms with Gasteiger partial charge in [0.1, 0.15) is 6.54 Å². The van der Waals surface area contributed by atoms with Gasteiger partial charge in [0.05, 0.1) is 12.1 Å². The summed E-state index contributed by atoms with van der Waals surface area (Å²) in [6.07, 6.45) is 12.2. The van der Waals surface area contributed by atoms with Gasteiger partial charge >= 0.3 is 6.03 Å². The molecule has 2 aromatic carbocycles. The number of benzene rings is 2. The zero-order valence-corrected chi connectivity index (χ0v) is 36.6. The number of carbonyl (C=O) groups excluding carboxylic acids is 3. The molecule has 0 bridgehead atoms. The Morgan fingerprint density at radius 3 is 2.21 bits per heavy atom. The van der Waals surface area contributed by atoms with Crippen LogP contribution in [0.2, 0.25) is 0 Å². The zero-order valence-electron chi connectivity index (χ0n) is 35.0. The number of fused-ring (bicyclic) bond motifs is 4. The SMILES string of the molecule is CC1=CC(C)(C)[N+](CCCC(=O)NCCCCCNC(=O)CCCCC2SCC3NC(=O)NC32)=c2cc3c(cc21)=Cc1ccc(N(C)C)cc1C3(C)C.[O-][Cl+3]([O-])([O-])[O-]. The highest BCUT2D eigenvalue weighted by Gasteiger charge is 2.42. The van der Waals surface area contributed by atoms with Gasteiger partial charge in [-0.2, -0.15) is 11.8 Å². The molecule has 4 aliphatic rings. The molecule has 4 N–H and O–H groups in total. The molecule has 2 saturated heterocycles. The number of unbranched alkanes of at least 4 members (excludes halogenated alkanes) is 3. The van der Waals surface area contributed by atoms with Crippen molar-refractivity contribution in [2.75, 3.05) is 44.4 Å². The van der Waals surface area contributed by atoms with Crippen LogP contribution in [0, 0.1) is 10.2 Å². The third-order valence-corrected chi connectivity index (χ3v) is 13.2. The van der Waals surface area contributed by atoms with E-state index in [4.69, 9.17) is 18.6 Å². The Hall–Kier alpha value is -3.66. The van der Waals surface area contributed by atoms with Crippen LogP contribution in [-0.2, 0) is 15.0 Å². The van der Waals surface area contributed by atoms with E-state index in [9.17, 15) is 14.4 Å². The van der Waals surface area contributed by atoms with Crippen molar-refractivity contribution in [1.29, 1.82) is 0 Å². The number of urea groups is 1. The highest BCUT2D eigenvalue weighted by molar-refractivity contribution is 8.00. The molecule has 3 atom stereocenters. The van der Waals surface area contributed by atoms with E-state index >= 15 is 0 Å². The highest BCUT2D eigenvalue weighted by atomic mass is 35.7. The predicted molar refractivity (Wildman–Crippen MR) is 219 cm³/mol. The van der Waals surface area contributed by atoms with Crippen molar-refractivity contribution in [3.05, 3.63) is 69.2 Å². The molecular formula is C43H61ClN6O7S. The molecule has 6 rings (SSSR count). The summed E-state index contributed by atoms with van der Waals surface area (Å²) in [4.78, 5) is 38.9. The minimum atomic E-state index is -4.94. The fraction of sp³-hybridized carbons (Fsp3) is 0.581. The van der Waals surface area contributed by atoms with Crippen LogP contribution in [0.1, 0.15) is 115 Å². The Bertz CT molecular complexity index is 1990. The molecule has 0 radical (unpaired) electrons. The van der Waals surface area contributed by atoms with Gasteiger partial charge in [-0.15, -0.1) is 10.2 Å². The van der Waals surface area contributed by atoms with Crippen molar-refractivity contribution in [3.63, 3.8) is 0 Å². The molecular weight excluding hydrogens is 780 g/mol. The third kappa shape index (κ3) is 11.8. The number of allylic oxidation sites excluding steroid dienone is 1. The van der Waals surface area contributed by atoms with Crippen LogP contribution in [0.3, 0.4) is 0 Å². The van der Waals surface area contributed by atoms with E-state index < -0.39 is 10.2 Å². The summed E-state index contributed by atoms with van der Waals surface area (Å²) in [6.45, 7) is 13.6.